The number of unbranched alkanes of at least 4 members (excludes halogenated alkanes) is 1. The van der Waals surface area contributed by atoms with Crippen LogP contribution in [0.25, 0.3) is 11.4 Å². The summed E-state index contributed by atoms with van der Waals surface area (Å²) in [6, 6.07) is 7.25. The second-order valence-corrected chi connectivity index (χ2v) is 6.94. The molecule has 0 spiro atoms. The zero-order valence-corrected chi connectivity index (χ0v) is 15.5. The first-order chi connectivity index (χ1) is 12.3. The van der Waals surface area contributed by atoms with Crippen LogP contribution < -0.4 is 16.2 Å². The van der Waals surface area contributed by atoms with Gasteiger partial charge >= 0.3 is 17.8 Å². The number of nitrogens with one attached hydrogen (secondary N) is 3. The minimum Gasteiger partial charge on any atom is -0.337 e. The number of hydrogen-bond acceptors (Lipinski definition) is 5. The predicted octanol–water partition coefficient (Wildman–Crippen LogP) is 2.78. The number of hydrazine groups is 1. The molecule has 0 radical (unpaired) electrons. The van der Waals surface area contributed by atoms with E-state index in [1.807, 2.05) is 31.2 Å². The number of carbonyl (C=O) groups excluding carboxylic acids is 2. The molecule has 0 bridgehead atoms. The monoisotopic (exact) mass is 359 g/mol. The Hall–Kier alpha value is -2.90. The summed E-state index contributed by atoms with van der Waals surface area (Å²) in [5.74, 6) is -0.600. The second kappa shape index (κ2) is 8.46. The lowest BCUT2D eigenvalue weighted by Crippen LogP contribution is -2.47. The van der Waals surface area contributed by atoms with E-state index in [2.05, 4.69) is 47.1 Å². The predicted molar refractivity (Wildman–Crippen MR) is 97.3 cm³/mol. The Kier molecular flexibility index (Phi) is 6.32. The van der Waals surface area contributed by atoms with Crippen molar-refractivity contribution in [1.82, 2.24) is 26.3 Å². The van der Waals surface area contributed by atoms with Gasteiger partial charge < -0.3 is 9.84 Å². The zero-order valence-electron chi connectivity index (χ0n) is 15.5. The first-order valence-electron chi connectivity index (χ1n) is 8.60. The fourth-order valence-electron chi connectivity index (χ4n) is 2.14. The molecule has 8 nitrogen and oxygen atoms in total. The van der Waals surface area contributed by atoms with Crippen LogP contribution in [0.1, 0.15) is 56.8 Å². The topological polar surface area (TPSA) is 109 Å². The molecule has 0 aliphatic rings. The quantitative estimate of drug-likeness (QED) is 0.562. The number of aromatic nitrogens is 2. The molecular formula is C18H25N5O3. The zero-order chi connectivity index (χ0) is 19.2. The van der Waals surface area contributed by atoms with Crippen molar-refractivity contribution >= 4 is 11.9 Å². The van der Waals surface area contributed by atoms with Crippen LogP contribution in [0.5, 0.6) is 0 Å². The molecule has 0 aliphatic heterocycles. The third-order valence-electron chi connectivity index (χ3n) is 3.73. The molecule has 0 atom stereocenters. The van der Waals surface area contributed by atoms with Gasteiger partial charge in [0.15, 0.2) is 0 Å². The van der Waals surface area contributed by atoms with Crippen LogP contribution >= 0.6 is 0 Å². The smallest absolute Gasteiger partial charge is 0.333 e. The van der Waals surface area contributed by atoms with Gasteiger partial charge in [-0.3, -0.25) is 10.2 Å². The van der Waals surface area contributed by atoms with Crippen molar-refractivity contribution in [3.05, 3.63) is 35.7 Å². The molecule has 2 rings (SSSR count). The van der Waals surface area contributed by atoms with Crippen LogP contribution in [0.3, 0.4) is 0 Å². The summed E-state index contributed by atoms with van der Waals surface area (Å²) < 4.78 is 4.96. The molecule has 2 aromatic rings. The molecule has 140 valence electrons. The number of urea groups is 1. The number of benzene rings is 1. The first-order valence-corrected chi connectivity index (χ1v) is 8.60. The molecule has 1 heterocycles. The molecule has 0 aliphatic carbocycles. The Morgan fingerprint density at radius 1 is 1.12 bits per heavy atom. The molecule has 1 aromatic heterocycles. The van der Waals surface area contributed by atoms with Crippen molar-refractivity contribution in [2.45, 2.75) is 46.0 Å². The first kappa shape index (κ1) is 19.4. The van der Waals surface area contributed by atoms with Crippen molar-refractivity contribution in [2.75, 3.05) is 6.54 Å². The molecule has 3 N–H and O–H groups in total. The molecular weight excluding hydrogens is 334 g/mol. The highest BCUT2D eigenvalue weighted by Crippen LogP contribution is 2.24. The van der Waals surface area contributed by atoms with Gasteiger partial charge in [0, 0.05) is 12.1 Å². The maximum atomic E-state index is 12.0. The molecule has 0 saturated carbocycles. The lowest BCUT2D eigenvalue weighted by Gasteiger charge is -2.18. The fraction of sp³-hybridized carbons (Fsp3) is 0.444. The van der Waals surface area contributed by atoms with Crippen LogP contribution in [0, 0.1) is 0 Å². The van der Waals surface area contributed by atoms with Crippen molar-refractivity contribution in [3.8, 4) is 11.4 Å². The van der Waals surface area contributed by atoms with Gasteiger partial charge in [-0.1, -0.05) is 63.5 Å². The van der Waals surface area contributed by atoms with Crippen molar-refractivity contribution in [2.24, 2.45) is 0 Å². The highest BCUT2D eigenvalue weighted by Gasteiger charge is 2.18. The lowest BCUT2D eigenvalue weighted by atomic mass is 9.87. The SMILES string of the molecule is CCCCNC(=O)NNC(=O)c1nc(-c2ccc(C(C)(C)C)cc2)no1. The van der Waals surface area contributed by atoms with Gasteiger partial charge in [0.1, 0.15) is 0 Å². The molecule has 1 aromatic carbocycles. The Labute approximate surface area is 152 Å². The van der Waals surface area contributed by atoms with Crippen LogP contribution in [0.15, 0.2) is 28.8 Å². The summed E-state index contributed by atoms with van der Waals surface area (Å²) >= 11 is 0. The van der Waals surface area contributed by atoms with Gasteiger partial charge in [-0.2, -0.15) is 4.98 Å². The molecule has 3 amide bonds. The van der Waals surface area contributed by atoms with Gasteiger partial charge in [-0.05, 0) is 17.4 Å². The summed E-state index contributed by atoms with van der Waals surface area (Å²) in [4.78, 5) is 27.5. The number of carbonyl (C=O) groups is 2. The van der Waals surface area contributed by atoms with Crippen molar-refractivity contribution in [1.29, 1.82) is 0 Å². The van der Waals surface area contributed by atoms with Crippen molar-refractivity contribution in [3.63, 3.8) is 0 Å². The average Bonchev–Trinajstić information content (AvgIpc) is 3.09. The Morgan fingerprint density at radius 3 is 2.42 bits per heavy atom. The maximum Gasteiger partial charge on any atom is 0.333 e. The molecule has 26 heavy (non-hydrogen) atoms. The average molecular weight is 359 g/mol. The third kappa shape index (κ3) is 5.30. The molecule has 8 heteroatoms. The molecule has 0 fully saturated rings. The van der Waals surface area contributed by atoms with Crippen LogP contribution in [-0.4, -0.2) is 28.6 Å². The summed E-state index contributed by atoms with van der Waals surface area (Å²) in [6.07, 6.45) is 1.83. The van der Waals surface area contributed by atoms with E-state index in [-0.39, 0.29) is 11.3 Å². The van der Waals surface area contributed by atoms with Crippen molar-refractivity contribution < 1.29 is 14.1 Å². The molecule has 0 saturated heterocycles. The third-order valence-corrected chi connectivity index (χ3v) is 3.73. The fourth-order valence-corrected chi connectivity index (χ4v) is 2.14. The van der Waals surface area contributed by atoms with E-state index in [1.54, 1.807) is 0 Å². The highest BCUT2D eigenvalue weighted by molar-refractivity contribution is 5.91. The Bertz CT molecular complexity index is 747. The number of nitrogens with zero attached hydrogens (tertiary/aromatic N) is 2. The summed E-state index contributed by atoms with van der Waals surface area (Å²) in [6.45, 7) is 8.94. The highest BCUT2D eigenvalue weighted by atomic mass is 16.5. The second-order valence-electron chi connectivity index (χ2n) is 6.94. The van der Waals surface area contributed by atoms with E-state index < -0.39 is 11.9 Å². The van der Waals surface area contributed by atoms with Gasteiger partial charge in [-0.25, -0.2) is 10.2 Å². The van der Waals surface area contributed by atoms with Gasteiger partial charge in [0.2, 0.25) is 5.82 Å². The maximum absolute atomic E-state index is 12.0. The van der Waals surface area contributed by atoms with Crippen LogP contribution in [-0.2, 0) is 5.41 Å². The number of rotatable bonds is 5. The van der Waals surface area contributed by atoms with E-state index in [9.17, 15) is 9.59 Å². The summed E-state index contributed by atoms with van der Waals surface area (Å²) in [5, 5.41) is 6.42. The lowest BCUT2D eigenvalue weighted by molar-refractivity contribution is 0.0892. The van der Waals surface area contributed by atoms with E-state index in [4.69, 9.17) is 4.52 Å². The Balaban J connectivity index is 1.94. The minimum atomic E-state index is -0.680. The Morgan fingerprint density at radius 2 is 1.81 bits per heavy atom. The largest absolute Gasteiger partial charge is 0.337 e. The molecule has 0 unspecified atom stereocenters. The minimum absolute atomic E-state index is 0.0458. The van der Waals surface area contributed by atoms with E-state index in [0.29, 0.717) is 12.4 Å². The summed E-state index contributed by atoms with van der Waals surface area (Å²) in [7, 11) is 0. The normalized spacial score (nSPS) is 11.1. The standard InChI is InChI=1S/C18H25N5O3/c1-5-6-11-19-17(25)22-21-15(24)16-20-14(23-26-16)12-7-9-13(10-8-12)18(2,3)4/h7-10H,5-6,11H2,1-4H3,(H,21,24)(H2,19,22,25). The number of hydrogen-bond donors (Lipinski definition) is 3. The van der Waals surface area contributed by atoms with E-state index in [1.165, 1.54) is 5.56 Å². The van der Waals surface area contributed by atoms with E-state index in [0.717, 1.165) is 18.4 Å². The van der Waals surface area contributed by atoms with Gasteiger partial charge in [0.05, 0.1) is 0 Å². The number of amides is 3. The van der Waals surface area contributed by atoms with E-state index >= 15 is 0 Å². The van der Waals surface area contributed by atoms with Crippen LogP contribution in [0.2, 0.25) is 0 Å². The summed E-state index contributed by atoms with van der Waals surface area (Å²) in [5.41, 5.74) is 6.43. The van der Waals surface area contributed by atoms with Crippen LogP contribution in [0.4, 0.5) is 4.79 Å². The van der Waals surface area contributed by atoms with Gasteiger partial charge in [0.25, 0.3) is 0 Å². The van der Waals surface area contributed by atoms with Gasteiger partial charge in [-0.15, -0.1) is 0 Å².